The first kappa shape index (κ1) is 1.64. The molecule has 0 radical (unpaired) electrons. The largest absolute Gasteiger partial charge is 0.256 e. The highest BCUT2D eigenvalue weighted by molar-refractivity contribution is 7.93. The molecular formula is CH4O2S. The summed E-state index contributed by atoms with van der Waals surface area (Å²) in [6, 6.07) is 0. The molecule has 0 amide bonds. The van der Waals surface area contributed by atoms with Crippen molar-refractivity contribution in [3.05, 3.63) is 0 Å². The van der Waals surface area contributed by atoms with E-state index in [-0.39, 0.29) is 6.23 Å². The lowest BCUT2D eigenvalue weighted by molar-refractivity contribution is -0.115. The molecule has 0 fully saturated rings. The fourth-order valence-corrected chi connectivity index (χ4v) is 0. The van der Waals surface area contributed by atoms with E-state index in [1.54, 1.807) is 0 Å². The van der Waals surface area contributed by atoms with Crippen LogP contribution in [-0.2, 0) is 4.33 Å². The Balaban J connectivity index is 2.34. The highest BCUT2D eigenvalue weighted by Crippen LogP contribution is 1.84. The van der Waals surface area contributed by atoms with Gasteiger partial charge in [0.1, 0.15) is 0 Å². The SMILES string of the molecule is [3H]CSOO[3H]. The Morgan fingerprint density at radius 2 is 3.75 bits per heavy atom. The van der Waals surface area contributed by atoms with Gasteiger partial charge in [0.15, 0.2) is 0 Å². The Bertz CT molecular complexity index is 23.5. The topological polar surface area (TPSA) is 29.5 Å². The van der Waals surface area contributed by atoms with Gasteiger partial charge in [-0.05, 0) is 0 Å². The summed E-state index contributed by atoms with van der Waals surface area (Å²) < 4.78 is 16.1. The summed E-state index contributed by atoms with van der Waals surface area (Å²) in [6.07, 6.45) is 0.0544. The molecule has 26 valence electrons. The second kappa shape index (κ2) is 3.27. The van der Waals surface area contributed by atoms with Crippen molar-refractivity contribution >= 4 is 12.0 Å². The molecule has 0 aromatic rings. The van der Waals surface area contributed by atoms with E-state index < -0.39 is 0 Å². The van der Waals surface area contributed by atoms with Crippen LogP contribution in [0.2, 0.25) is 0 Å². The van der Waals surface area contributed by atoms with Gasteiger partial charge in [0, 0.05) is 19.6 Å². The zero-order valence-corrected chi connectivity index (χ0v) is 2.75. The van der Waals surface area contributed by atoms with E-state index in [1.807, 2.05) is 0 Å². The molecule has 0 bridgehead atoms. The standard InChI is InChI=1S/CH4O2S/c1-4-3-2/h2H,1H3/i1T/hT. The molecule has 0 aromatic carbocycles. The van der Waals surface area contributed by atoms with Crippen molar-refractivity contribution in [2.45, 2.75) is 0 Å². The van der Waals surface area contributed by atoms with Gasteiger partial charge in [0.25, 0.3) is 1.43 Å². The Morgan fingerprint density at radius 1 is 2.75 bits per heavy atom. The highest BCUT2D eigenvalue weighted by atomic mass is 32.2. The Hall–Kier alpha value is 0.270. The number of hydrogen-bond donors (Lipinski definition) is 1. The summed E-state index contributed by atoms with van der Waals surface area (Å²) in [6.45, 7) is 0. The van der Waals surface area contributed by atoms with Gasteiger partial charge in [0.05, 0.1) is 0 Å². The molecule has 3 heteroatoms. The predicted molar refractivity (Wildman–Crippen MR) is 17.2 cm³/mol. The molecule has 0 aliphatic heterocycles. The first-order valence-electron chi connectivity index (χ1n) is 1.74. The van der Waals surface area contributed by atoms with E-state index in [9.17, 15) is 0 Å². The maximum atomic E-state index is 6.38. The van der Waals surface area contributed by atoms with Crippen molar-refractivity contribution in [3.8, 4) is 0 Å². The quantitative estimate of drug-likeness (QED) is 0.232. The average molecular weight is 84.1 g/mol. The number of hydrogen-bond acceptors (Lipinski definition) is 3. The first-order valence-corrected chi connectivity index (χ1v) is 1.53. The van der Waals surface area contributed by atoms with E-state index in [4.69, 9.17) is 2.80 Å². The van der Waals surface area contributed by atoms with Crippen molar-refractivity contribution in [1.29, 1.82) is 1.43 Å². The molecule has 0 spiro atoms. The van der Waals surface area contributed by atoms with E-state index in [2.05, 4.69) is 9.59 Å². The van der Waals surface area contributed by atoms with E-state index in [0.29, 0.717) is 0 Å². The third kappa shape index (κ3) is 2.27. The summed E-state index contributed by atoms with van der Waals surface area (Å²) in [7, 11) is 0. The van der Waals surface area contributed by atoms with Crippen LogP contribution in [0.1, 0.15) is 1.37 Å². The van der Waals surface area contributed by atoms with Gasteiger partial charge in [-0.2, -0.15) is 4.33 Å². The van der Waals surface area contributed by atoms with Crippen LogP contribution in [0.3, 0.4) is 0 Å². The van der Waals surface area contributed by atoms with Gasteiger partial charge >= 0.3 is 0 Å². The molecule has 0 aliphatic rings. The van der Waals surface area contributed by atoms with Crippen LogP contribution in [0.4, 0.5) is 0 Å². The molecule has 1 N–H and O–H groups in total. The van der Waals surface area contributed by atoms with Gasteiger partial charge < -0.3 is 0 Å². The van der Waals surface area contributed by atoms with Crippen LogP contribution in [0.5, 0.6) is 0 Å². The predicted octanol–water partition coefficient (Wildman–Crippen LogP) is 0.754. The summed E-state index contributed by atoms with van der Waals surface area (Å²) in [4.78, 5) is 0. The van der Waals surface area contributed by atoms with Crippen molar-refractivity contribution in [2.24, 2.45) is 0 Å². The van der Waals surface area contributed by atoms with Crippen molar-refractivity contribution in [1.82, 2.24) is 0 Å². The monoisotopic (exact) mass is 84.0 g/mol. The molecule has 0 aromatic heterocycles. The Morgan fingerprint density at radius 3 is 4.00 bits per heavy atom. The fraction of sp³-hybridized carbons (Fsp3) is 1.00. The minimum absolute atomic E-state index is 0.0544. The lowest BCUT2D eigenvalue weighted by Gasteiger charge is -1.71. The van der Waals surface area contributed by atoms with Crippen molar-refractivity contribution in [2.75, 3.05) is 6.23 Å². The Labute approximate surface area is 31.8 Å². The van der Waals surface area contributed by atoms with Gasteiger partial charge in [-0.3, -0.25) is 0 Å². The number of rotatable bonds is 2. The van der Waals surface area contributed by atoms with Crippen LogP contribution in [-0.4, -0.2) is 11.5 Å². The van der Waals surface area contributed by atoms with E-state index in [0.717, 1.165) is 12.0 Å². The van der Waals surface area contributed by atoms with Crippen molar-refractivity contribution in [3.63, 3.8) is 0 Å². The molecule has 0 unspecified atom stereocenters. The minimum atomic E-state index is 0.0544. The maximum Gasteiger partial charge on any atom is 0.256 e. The van der Waals surface area contributed by atoms with Gasteiger partial charge in [-0.15, -0.1) is 0 Å². The maximum absolute atomic E-state index is 6.38. The second-order valence-corrected chi connectivity index (χ2v) is 0.558. The summed E-state index contributed by atoms with van der Waals surface area (Å²) in [5.74, 6) is 0. The fourth-order valence-electron chi connectivity index (χ4n) is 0. The molecule has 0 aliphatic carbocycles. The molecule has 0 saturated carbocycles. The average Bonchev–Trinajstić information content (AvgIpc) is 1.61. The van der Waals surface area contributed by atoms with Gasteiger partial charge in [0.2, 0.25) is 0 Å². The summed E-state index contributed by atoms with van der Waals surface area (Å²) >= 11 is 0.765. The van der Waals surface area contributed by atoms with Crippen LogP contribution in [0.25, 0.3) is 1.43 Å². The van der Waals surface area contributed by atoms with Gasteiger partial charge in [-0.25, -0.2) is 5.26 Å². The zero-order valence-electron chi connectivity index (χ0n) is 3.93. The summed E-state index contributed by atoms with van der Waals surface area (Å²) in [5, 5.41) is 3.38. The van der Waals surface area contributed by atoms with Crippen LogP contribution >= 0.6 is 12.0 Å². The summed E-state index contributed by atoms with van der Waals surface area (Å²) in [5.41, 5.74) is 0. The Kier molecular flexibility index (Phi) is 1.34. The van der Waals surface area contributed by atoms with Crippen LogP contribution in [0.15, 0.2) is 0 Å². The molecular weight excluding hydrogens is 76.1 g/mol. The van der Waals surface area contributed by atoms with Crippen LogP contribution in [0, 0.1) is 0 Å². The van der Waals surface area contributed by atoms with Crippen LogP contribution < -0.4 is 0 Å². The lowest BCUT2D eigenvalue weighted by Crippen LogP contribution is -1.55. The normalized spacial score (nSPS) is 14.0. The van der Waals surface area contributed by atoms with Gasteiger partial charge in [-0.1, -0.05) is 0 Å². The van der Waals surface area contributed by atoms with Crippen molar-refractivity contribution < 1.29 is 11.0 Å². The highest BCUT2D eigenvalue weighted by Gasteiger charge is 1.55. The molecule has 2 nitrogen and oxygen atoms in total. The smallest absolute Gasteiger partial charge is 0.239 e. The third-order valence-corrected chi connectivity index (χ3v) is 0.144. The molecule has 0 heterocycles. The zero-order chi connectivity index (χ0) is 4.83. The lowest BCUT2D eigenvalue weighted by atomic mass is 12.0. The van der Waals surface area contributed by atoms with E-state index >= 15 is 0 Å². The molecule has 0 saturated heterocycles. The molecule has 0 rings (SSSR count). The minimum Gasteiger partial charge on any atom is -0.239 e. The molecule has 0 atom stereocenters. The second-order valence-electron chi connectivity index (χ2n) is 0.186. The molecule has 4 heavy (non-hydrogen) atoms. The first-order chi connectivity index (χ1) is 2.91. The third-order valence-electron chi connectivity index (χ3n) is 0.0481. The van der Waals surface area contributed by atoms with E-state index in [1.165, 1.54) is 0 Å².